The van der Waals surface area contributed by atoms with Crippen molar-refractivity contribution < 1.29 is 13.9 Å². The Morgan fingerprint density at radius 3 is 2.87 bits per heavy atom. The normalized spacial score (nSPS) is 14.5. The van der Waals surface area contributed by atoms with Gasteiger partial charge in [0.25, 0.3) is 5.22 Å². The Balaban J connectivity index is 1.40. The van der Waals surface area contributed by atoms with Gasteiger partial charge in [-0.25, -0.2) is 0 Å². The average molecular weight is 333 g/mol. The summed E-state index contributed by atoms with van der Waals surface area (Å²) in [6.07, 6.45) is 1.52. The third kappa shape index (κ3) is 4.48. The molecule has 1 aliphatic heterocycles. The summed E-state index contributed by atoms with van der Waals surface area (Å²) in [5, 5.41) is 8.49. The molecule has 0 unspecified atom stereocenters. The molecule has 1 fully saturated rings. The number of aromatic nitrogens is 2. The number of hydrogen-bond donors (Lipinski definition) is 0. The van der Waals surface area contributed by atoms with Crippen molar-refractivity contribution in [1.29, 1.82) is 0 Å². The third-order valence-electron chi connectivity index (χ3n) is 3.54. The molecule has 1 amide bonds. The highest BCUT2D eigenvalue weighted by Gasteiger charge is 2.22. The van der Waals surface area contributed by atoms with Crippen LogP contribution >= 0.6 is 11.8 Å². The predicted octanol–water partition coefficient (Wildman–Crippen LogP) is 2.67. The lowest BCUT2D eigenvalue weighted by molar-refractivity contribution is -0.128. The lowest BCUT2D eigenvalue weighted by Crippen LogP contribution is -2.23. The van der Waals surface area contributed by atoms with E-state index in [1.54, 1.807) is 4.90 Å². The summed E-state index contributed by atoms with van der Waals surface area (Å²) in [7, 11) is 0. The van der Waals surface area contributed by atoms with E-state index in [4.69, 9.17) is 9.15 Å². The van der Waals surface area contributed by atoms with Crippen LogP contribution in [0.2, 0.25) is 0 Å². The second-order valence-electron chi connectivity index (χ2n) is 5.39. The van der Waals surface area contributed by atoms with Crippen molar-refractivity contribution in [2.45, 2.75) is 31.5 Å². The van der Waals surface area contributed by atoms with E-state index in [0.717, 1.165) is 24.5 Å². The summed E-state index contributed by atoms with van der Waals surface area (Å²) in [6, 6.07) is 7.95. The molecule has 0 aliphatic carbocycles. The van der Waals surface area contributed by atoms with Crippen molar-refractivity contribution in [3.8, 4) is 5.75 Å². The number of amides is 1. The number of nitrogens with zero attached hydrogens (tertiary/aromatic N) is 3. The van der Waals surface area contributed by atoms with Gasteiger partial charge in [0, 0.05) is 18.7 Å². The van der Waals surface area contributed by atoms with E-state index in [2.05, 4.69) is 10.2 Å². The fourth-order valence-electron chi connectivity index (χ4n) is 2.32. The summed E-state index contributed by atoms with van der Waals surface area (Å²) < 4.78 is 11.2. The van der Waals surface area contributed by atoms with Crippen LogP contribution in [0.15, 0.2) is 33.9 Å². The largest absolute Gasteiger partial charge is 0.493 e. The Morgan fingerprint density at radius 1 is 1.30 bits per heavy atom. The highest BCUT2D eigenvalue weighted by molar-refractivity contribution is 7.99. The van der Waals surface area contributed by atoms with Crippen LogP contribution in [0.4, 0.5) is 0 Å². The molecule has 0 saturated carbocycles. The minimum atomic E-state index is 0.156. The summed E-state index contributed by atoms with van der Waals surface area (Å²) in [6.45, 7) is 3.79. The van der Waals surface area contributed by atoms with Crippen LogP contribution in [0.5, 0.6) is 5.75 Å². The molecule has 23 heavy (non-hydrogen) atoms. The lowest BCUT2D eigenvalue weighted by Gasteiger charge is -2.11. The molecular formula is C16H19N3O3S. The second-order valence-corrected chi connectivity index (χ2v) is 6.44. The van der Waals surface area contributed by atoms with Crippen LogP contribution in [0.25, 0.3) is 0 Å². The van der Waals surface area contributed by atoms with Gasteiger partial charge in [0.1, 0.15) is 5.75 Å². The molecule has 1 saturated heterocycles. The minimum absolute atomic E-state index is 0.156. The zero-order valence-electron chi connectivity index (χ0n) is 13.0. The highest BCUT2D eigenvalue weighted by Crippen LogP contribution is 2.19. The number of likely N-dealkylation sites (tertiary alicyclic amines) is 1. The maximum absolute atomic E-state index is 11.6. The summed E-state index contributed by atoms with van der Waals surface area (Å²) in [4.78, 5) is 13.3. The molecule has 6 nitrogen and oxygen atoms in total. The lowest BCUT2D eigenvalue weighted by atomic mass is 10.2. The smallest absolute Gasteiger partial charge is 0.276 e. The predicted molar refractivity (Wildman–Crippen MR) is 86.3 cm³/mol. The molecule has 0 N–H and O–H groups in total. The van der Waals surface area contributed by atoms with Crippen LogP contribution < -0.4 is 4.74 Å². The maximum Gasteiger partial charge on any atom is 0.276 e. The second kappa shape index (κ2) is 7.50. The SMILES string of the molecule is Cc1ccc(OCCSc2nnc(CN3CCCC3=O)o2)cc1. The van der Waals surface area contributed by atoms with Crippen molar-refractivity contribution in [1.82, 2.24) is 15.1 Å². The number of carbonyl (C=O) groups excluding carboxylic acids is 1. The monoisotopic (exact) mass is 333 g/mol. The van der Waals surface area contributed by atoms with Crippen molar-refractivity contribution in [2.24, 2.45) is 0 Å². The highest BCUT2D eigenvalue weighted by atomic mass is 32.2. The van der Waals surface area contributed by atoms with E-state index in [9.17, 15) is 4.79 Å². The molecule has 0 radical (unpaired) electrons. The number of hydrogen-bond acceptors (Lipinski definition) is 6. The maximum atomic E-state index is 11.6. The molecule has 2 heterocycles. The Bertz CT molecular complexity index is 657. The fraction of sp³-hybridized carbons (Fsp3) is 0.438. The summed E-state index contributed by atoms with van der Waals surface area (Å²) in [5.41, 5.74) is 1.21. The summed E-state index contributed by atoms with van der Waals surface area (Å²) >= 11 is 1.45. The molecule has 122 valence electrons. The van der Waals surface area contributed by atoms with Crippen LogP contribution in [-0.4, -0.2) is 39.9 Å². The van der Waals surface area contributed by atoms with Crippen LogP contribution in [0.3, 0.4) is 0 Å². The van der Waals surface area contributed by atoms with Crippen molar-refractivity contribution >= 4 is 17.7 Å². The van der Waals surface area contributed by atoms with Crippen molar-refractivity contribution in [2.75, 3.05) is 18.9 Å². The standard InChI is InChI=1S/C16H19N3O3S/c1-12-4-6-13(7-5-12)21-9-10-23-16-18-17-14(22-16)11-19-8-2-3-15(19)20/h4-7H,2-3,8-11H2,1H3. The van der Waals surface area contributed by atoms with Gasteiger partial charge in [-0.1, -0.05) is 29.5 Å². The van der Waals surface area contributed by atoms with Gasteiger partial charge in [-0.2, -0.15) is 0 Å². The molecule has 1 aromatic carbocycles. The van der Waals surface area contributed by atoms with Crippen LogP contribution in [0.1, 0.15) is 24.3 Å². The molecule has 0 bridgehead atoms. The molecule has 7 heteroatoms. The molecule has 3 rings (SSSR count). The Kier molecular flexibility index (Phi) is 5.17. The van der Waals surface area contributed by atoms with Gasteiger partial charge in [0.15, 0.2) is 0 Å². The fourth-order valence-corrected chi connectivity index (χ4v) is 2.91. The quantitative estimate of drug-likeness (QED) is 0.573. The molecule has 1 aliphatic rings. The van der Waals surface area contributed by atoms with Gasteiger partial charge in [0.05, 0.1) is 13.2 Å². The average Bonchev–Trinajstić information content (AvgIpc) is 3.16. The van der Waals surface area contributed by atoms with Gasteiger partial charge in [-0.15, -0.1) is 10.2 Å². The molecular weight excluding hydrogens is 314 g/mol. The Hall–Kier alpha value is -2.02. The van der Waals surface area contributed by atoms with Gasteiger partial charge in [0.2, 0.25) is 11.8 Å². The number of rotatable bonds is 7. The van der Waals surface area contributed by atoms with E-state index in [0.29, 0.717) is 30.7 Å². The minimum Gasteiger partial charge on any atom is -0.493 e. The first-order valence-electron chi connectivity index (χ1n) is 7.63. The topological polar surface area (TPSA) is 68.5 Å². The van der Waals surface area contributed by atoms with Gasteiger partial charge in [-0.3, -0.25) is 4.79 Å². The Morgan fingerprint density at radius 2 is 2.13 bits per heavy atom. The number of benzene rings is 1. The van der Waals surface area contributed by atoms with Gasteiger partial charge < -0.3 is 14.1 Å². The van der Waals surface area contributed by atoms with Crippen molar-refractivity contribution in [3.05, 3.63) is 35.7 Å². The number of aryl methyl sites for hydroxylation is 1. The van der Waals surface area contributed by atoms with E-state index >= 15 is 0 Å². The van der Waals surface area contributed by atoms with Crippen LogP contribution in [0, 0.1) is 6.92 Å². The molecule has 1 aromatic heterocycles. The van der Waals surface area contributed by atoms with E-state index in [1.807, 2.05) is 31.2 Å². The number of ether oxygens (including phenoxy) is 1. The van der Waals surface area contributed by atoms with Crippen LogP contribution in [-0.2, 0) is 11.3 Å². The first-order chi connectivity index (χ1) is 11.2. The zero-order chi connectivity index (χ0) is 16.1. The molecule has 0 spiro atoms. The zero-order valence-corrected chi connectivity index (χ0v) is 13.8. The Labute approximate surface area is 139 Å². The molecule has 0 atom stereocenters. The third-order valence-corrected chi connectivity index (χ3v) is 4.33. The van der Waals surface area contributed by atoms with E-state index in [1.165, 1.54) is 17.3 Å². The summed E-state index contributed by atoms with van der Waals surface area (Å²) in [5.74, 6) is 2.22. The number of thioether (sulfide) groups is 1. The van der Waals surface area contributed by atoms with Gasteiger partial charge in [-0.05, 0) is 25.5 Å². The van der Waals surface area contributed by atoms with E-state index in [-0.39, 0.29) is 5.91 Å². The van der Waals surface area contributed by atoms with Crippen molar-refractivity contribution in [3.63, 3.8) is 0 Å². The molecule has 2 aromatic rings. The number of carbonyl (C=O) groups is 1. The van der Waals surface area contributed by atoms with E-state index < -0.39 is 0 Å². The van der Waals surface area contributed by atoms with Gasteiger partial charge >= 0.3 is 0 Å². The first-order valence-corrected chi connectivity index (χ1v) is 8.62. The first kappa shape index (κ1) is 15.9.